The fourth-order valence-electron chi connectivity index (χ4n) is 3.47. The minimum Gasteiger partial charge on any atom is -0.483 e. The van der Waals surface area contributed by atoms with E-state index >= 15 is 0 Å². The van der Waals surface area contributed by atoms with Gasteiger partial charge in [-0.15, -0.1) is 0 Å². The Morgan fingerprint density at radius 3 is 2.16 bits per heavy atom. The SMILES string of the molecule is Cc1cc(C)c(OCC(=O)N2CCN(c3ccccc3)CC2)c(C)c1. The quantitative estimate of drug-likeness (QED) is 0.857. The molecule has 1 aliphatic rings. The van der Waals surface area contributed by atoms with Crippen LogP contribution in [0.5, 0.6) is 5.75 Å². The van der Waals surface area contributed by atoms with Gasteiger partial charge in [-0.2, -0.15) is 0 Å². The first-order valence-electron chi connectivity index (χ1n) is 8.83. The van der Waals surface area contributed by atoms with Crippen LogP contribution in [0.25, 0.3) is 0 Å². The molecule has 0 atom stereocenters. The normalized spacial score (nSPS) is 14.5. The number of amides is 1. The van der Waals surface area contributed by atoms with Gasteiger partial charge in [-0.25, -0.2) is 0 Å². The van der Waals surface area contributed by atoms with Crippen LogP contribution < -0.4 is 9.64 Å². The highest BCUT2D eigenvalue weighted by Crippen LogP contribution is 2.24. The summed E-state index contributed by atoms with van der Waals surface area (Å²) in [7, 11) is 0. The monoisotopic (exact) mass is 338 g/mol. The van der Waals surface area contributed by atoms with Crippen molar-refractivity contribution in [2.75, 3.05) is 37.7 Å². The second kappa shape index (κ2) is 7.60. The first kappa shape index (κ1) is 17.3. The number of nitrogens with zero attached hydrogens (tertiary/aromatic N) is 2. The Labute approximate surface area is 150 Å². The van der Waals surface area contributed by atoms with Crippen molar-refractivity contribution in [2.45, 2.75) is 20.8 Å². The highest BCUT2D eigenvalue weighted by molar-refractivity contribution is 5.78. The lowest BCUT2D eigenvalue weighted by Gasteiger charge is -2.36. The van der Waals surface area contributed by atoms with Crippen molar-refractivity contribution in [1.29, 1.82) is 0 Å². The fourth-order valence-corrected chi connectivity index (χ4v) is 3.47. The molecule has 4 heteroatoms. The van der Waals surface area contributed by atoms with Crippen LogP contribution in [0.4, 0.5) is 5.69 Å². The number of anilines is 1. The van der Waals surface area contributed by atoms with E-state index in [0.29, 0.717) is 0 Å². The number of carbonyl (C=O) groups excluding carboxylic acids is 1. The van der Waals surface area contributed by atoms with Gasteiger partial charge >= 0.3 is 0 Å². The number of piperazine rings is 1. The Morgan fingerprint density at radius 1 is 0.960 bits per heavy atom. The topological polar surface area (TPSA) is 32.8 Å². The van der Waals surface area contributed by atoms with Gasteiger partial charge in [0, 0.05) is 31.9 Å². The molecule has 0 radical (unpaired) electrons. The summed E-state index contributed by atoms with van der Waals surface area (Å²) in [6, 6.07) is 14.5. The number of aryl methyl sites for hydroxylation is 3. The van der Waals surface area contributed by atoms with Crippen molar-refractivity contribution in [1.82, 2.24) is 4.90 Å². The van der Waals surface area contributed by atoms with Gasteiger partial charge in [0.05, 0.1) is 0 Å². The van der Waals surface area contributed by atoms with E-state index in [2.05, 4.69) is 36.1 Å². The van der Waals surface area contributed by atoms with Crippen molar-refractivity contribution in [2.24, 2.45) is 0 Å². The van der Waals surface area contributed by atoms with E-state index in [1.165, 1.54) is 11.3 Å². The maximum absolute atomic E-state index is 12.5. The number of hydrogen-bond donors (Lipinski definition) is 0. The van der Waals surface area contributed by atoms with Gasteiger partial charge in [-0.1, -0.05) is 35.9 Å². The van der Waals surface area contributed by atoms with Crippen molar-refractivity contribution in [3.63, 3.8) is 0 Å². The van der Waals surface area contributed by atoms with Crippen molar-refractivity contribution in [3.05, 3.63) is 59.2 Å². The van der Waals surface area contributed by atoms with Gasteiger partial charge in [0.1, 0.15) is 5.75 Å². The summed E-state index contributed by atoms with van der Waals surface area (Å²) in [5.74, 6) is 0.897. The molecule has 132 valence electrons. The molecule has 25 heavy (non-hydrogen) atoms. The molecule has 0 aromatic heterocycles. The molecule has 1 fully saturated rings. The molecule has 1 saturated heterocycles. The maximum Gasteiger partial charge on any atom is 0.260 e. The molecule has 1 aliphatic heterocycles. The first-order chi connectivity index (χ1) is 12.0. The lowest BCUT2D eigenvalue weighted by atomic mass is 10.1. The van der Waals surface area contributed by atoms with Crippen LogP contribution in [-0.2, 0) is 4.79 Å². The summed E-state index contributed by atoms with van der Waals surface area (Å²) >= 11 is 0. The molecule has 1 heterocycles. The number of rotatable bonds is 4. The summed E-state index contributed by atoms with van der Waals surface area (Å²) in [5, 5.41) is 0. The zero-order chi connectivity index (χ0) is 17.8. The van der Waals surface area contributed by atoms with E-state index in [-0.39, 0.29) is 12.5 Å². The molecule has 0 saturated carbocycles. The third-order valence-electron chi connectivity index (χ3n) is 4.70. The van der Waals surface area contributed by atoms with Crippen molar-refractivity contribution < 1.29 is 9.53 Å². The van der Waals surface area contributed by atoms with Gasteiger partial charge in [0.25, 0.3) is 5.91 Å². The largest absolute Gasteiger partial charge is 0.483 e. The number of ether oxygens (including phenoxy) is 1. The van der Waals surface area contributed by atoms with Crippen LogP contribution in [0.1, 0.15) is 16.7 Å². The first-order valence-corrected chi connectivity index (χ1v) is 8.83. The van der Waals surface area contributed by atoms with Gasteiger partial charge in [0.2, 0.25) is 0 Å². The Hall–Kier alpha value is -2.49. The number of benzene rings is 2. The highest BCUT2D eigenvalue weighted by atomic mass is 16.5. The lowest BCUT2D eigenvalue weighted by Crippen LogP contribution is -2.50. The number of hydrogen-bond acceptors (Lipinski definition) is 3. The predicted octanol–water partition coefficient (Wildman–Crippen LogP) is 3.34. The summed E-state index contributed by atoms with van der Waals surface area (Å²) < 4.78 is 5.84. The van der Waals surface area contributed by atoms with E-state index < -0.39 is 0 Å². The predicted molar refractivity (Wildman–Crippen MR) is 101 cm³/mol. The lowest BCUT2D eigenvalue weighted by molar-refractivity contribution is -0.133. The summed E-state index contributed by atoms with van der Waals surface area (Å²) in [6.07, 6.45) is 0. The third kappa shape index (κ3) is 4.13. The molecular weight excluding hydrogens is 312 g/mol. The Kier molecular flexibility index (Phi) is 5.27. The van der Waals surface area contributed by atoms with Crippen LogP contribution in [-0.4, -0.2) is 43.6 Å². The Morgan fingerprint density at radius 2 is 1.56 bits per heavy atom. The summed E-state index contributed by atoms with van der Waals surface area (Å²) in [5.41, 5.74) is 4.60. The van der Waals surface area contributed by atoms with Gasteiger partial charge in [0.15, 0.2) is 6.61 Å². The minimum absolute atomic E-state index is 0.0621. The van der Waals surface area contributed by atoms with Crippen LogP contribution in [0, 0.1) is 20.8 Å². The van der Waals surface area contributed by atoms with Crippen LogP contribution in [0.3, 0.4) is 0 Å². The van der Waals surface area contributed by atoms with Gasteiger partial charge in [-0.3, -0.25) is 4.79 Å². The number of carbonyl (C=O) groups is 1. The smallest absolute Gasteiger partial charge is 0.260 e. The average Bonchev–Trinajstić information content (AvgIpc) is 2.61. The van der Waals surface area contributed by atoms with E-state index in [9.17, 15) is 4.79 Å². The molecule has 4 nitrogen and oxygen atoms in total. The molecule has 0 spiro atoms. The standard InChI is InChI=1S/C21H26N2O2/c1-16-13-17(2)21(18(3)14-16)25-15-20(24)23-11-9-22(10-12-23)19-7-5-4-6-8-19/h4-8,13-14H,9-12,15H2,1-3H3. The minimum atomic E-state index is 0.0621. The van der Waals surface area contributed by atoms with Crippen LogP contribution in [0.2, 0.25) is 0 Å². The van der Waals surface area contributed by atoms with Crippen LogP contribution in [0.15, 0.2) is 42.5 Å². The molecule has 2 aromatic rings. The zero-order valence-electron chi connectivity index (χ0n) is 15.3. The highest BCUT2D eigenvalue weighted by Gasteiger charge is 2.21. The van der Waals surface area contributed by atoms with Crippen molar-refractivity contribution in [3.8, 4) is 5.75 Å². The third-order valence-corrected chi connectivity index (χ3v) is 4.70. The molecular formula is C21H26N2O2. The Bertz CT molecular complexity index is 712. The van der Waals surface area contributed by atoms with E-state index in [0.717, 1.165) is 43.1 Å². The molecule has 1 amide bonds. The Balaban J connectivity index is 1.53. The summed E-state index contributed by atoms with van der Waals surface area (Å²) in [4.78, 5) is 16.7. The molecule has 0 unspecified atom stereocenters. The maximum atomic E-state index is 12.5. The summed E-state index contributed by atoms with van der Waals surface area (Å²) in [6.45, 7) is 9.43. The molecule has 2 aromatic carbocycles. The molecule has 0 bridgehead atoms. The fraction of sp³-hybridized carbons (Fsp3) is 0.381. The van der Waals surface area contributed by atoms with Crippen LogP contribution >= 0.6 is 0 Å². The average molecular weight is 338 g/mol. The van der Waals surface area contributed by atoms with E-state index in [1.54, 1.807) is 0 Å². The van der Waals surface area contributed by atoms with E-state index in [4.69, 9.17) is 4.74 Å². The molecule has 0 N–H and O–H groups in total. The second-order valence-electron chi connectivity index (χ2n) is 6.72. The van der Waals surface area contributed by atoms with Gasteiger partial charge < -0.3 is 14.5 Å². The number of para-hydroxylation sites is 1. The second-order valence-corrected chi connectivity index (χ2v) is 6.72. The zero-order valence-corrected chi connectivity index (χ0v) is 15.3. The molecule has 3 rings (SSSR count). The van der Waals surface area contributed by atoms with E-state index in [1.807, 2.05) is 36.9 Å². The van der Waals surface area contributed by atoms with Crippen molar-refractivity contribution >= 4 is 11.6 Å². The molecule has 0 aliphatic carbocycles. The van der Waals surface area contributed by atoms with Gasteiger partial charge in [-0.05, 0) is 44.0 Å².